The Morgan fingerprint density at radius 2 is 1.73 bits per heavy atom. The highest BCUT2D eigenvalue weighted by molar-refractivity contribution is 4.70. The zero-order valence-electron chi connectivity index (χ0n) is 8.65. The van der Waals surface area contributed by atoms with Crippen LogP contribution in [0.2, 0.25) is 0 Å². The predicted octanol–water partition coefficient (Wildman–Crippen LogP) is 2.67. The van der Waals surface area contributed by atoms with Crippen molar-refractivity contribution in [2.75, 3.05) is 7.05 Å². The van der Waals surface area contributed by atoms with Gasteiger partial charge < -0.3 is 5.32 Å². The highest BCUT2D eigenvalue weighted by atomic mass is 14.9. The van der Waals surface area contributed by atoms with Gasteiger partial charge in [-0.25, -0.2) is 0 Å². The van der Waals surface area contributed by atoms with Crippen LogP contribution in [-0.2, 0) is 0 Å². The van der Waals surface area contributed by atoms with Gasteiger partial charge in [0.1, 0.15) is 0 Å². The first-order valence-corrected chi connectivity index (χ1v) is 4.79. The third-order valence-corrected chi connectivity index (χ3v) is 2.53. The van der Waals surface area contributed by atoms with Gasteiger partial charge in [0.15, 0.2) is 0 Å². The van der Waals surface area contributed by atoms with Gasteiger partial charge in [-0.15, -0.1) is 0 Å². The second-order valence-electron chi connectivity index (χ2n) is 3.89. The summed E-state index contributed by atoms with van der Waals surface area (Å²) in [5.74, 6) is 1.61. The van der Waals surface area contributed by atoms with Crippen LogP contribution in [0.4, 0.5) is 0 Å². The average Bonchev–Trinajstić information content (AvgIpc) is 1.99. The maximum Gasteiger partial charge on any atom is 0.00895 e. The SMILES string of the molecule is CCC(C)CC(NC)C(C)C. The van der Waals surface area contributed by atoms with Crippen molar-refractivity contribution >= 4 is 0 Å². The molecule has 0 aliphatic heterocycles. The van der Waals surface area contributed by atoms with Crippen LogP contribution in [0.5, 0.6) is 0 Å². The number of nitrogens with one attached hydrogen (secondary N) is 1. The minimum Gasteiger partial charge on any atom is -0.317 e. The highest BCUT2D eigenvalue weighted by Gasteiger charge is 2.13. The summed E-state index contributed by atoms with van der Waals surface area (Å²) in [6.45, 7) is 9.15. The summed E-state index contributed by atoms with van der Waals surface area (Å²) in [6, 6.07) is 0.699. The van der Waals surface area contributed by atoms with Crippen molar-refractivity contribution in [3.8, 4) is 0 Å². The van der Waals surface area contributed by atoms with Crippen LogP contribution >= 0.6 is 0 Å². The van der Waals surface area contributed by atoms with Gasteiger partial charge in [-0.3, -0.25) is 0 Å². The third kappa shape index (κ3) is 4.41. The quantitative estimate of drug-likeness (QED) is 0.647. The maximum absolute atomic E-state index is 3.37. The molecule has 1 N–H and O–H groups in total. The molecule has 0 aliphatic rings. The van der Waals surface area contributed by atoms with Crippen LogP contribution in [0, 0.1) is 11.8 Å². The van der Waals surface area contributed by atoms with Gasteiger partial charge in [0.25, 0.3) is 0 Å². The summed E-state index contributed by atoms with van der Waals surface area (Å²) in [6.07, 6.45) is 2.61. The van der Waals surface area contributed by atoms with Crippen molar-refractivity contribution in [1.82, 2.24) is 5.32 Å². The summed E-state index contributed by atoms with van der Waals surface area (Å²) in [5.41, 5.74) is 0. The van der Waals surface area contributed by atoms with Crippen molar-refractivity contribution in [2.24, 2.45) is 11.8 Å². The molecule has 0 rings (SSSR count). The van der Waals surface area contributed by atoms with Gasteiger partial charge >= 0.3 is 0 Å². The number of hydrogen-bond acceptors (Lipinski definition) is 1. The fraction of sp³-hybridized carbons (Fsp3) is 1.00. The van der Waals surface area contributed by atoms with Crippen LogP contribution in [0.25, 0.3) is 0 Å². The molecule has 0 spiro atoms. The van der Waals surface area contributed by atoms with E-state index in [0.717, 1.165) is 11.8 Å². The molecule has 0 amide bonds. The summed E-state index contributed by atoms with van der Waals surface area (Å²) in [4.78, 5) is 0. The first-order valence-electron chi connectivity index (χ1n) is 4.79. The minimum absolute atomic E-state index is 0.699. The Morgan fingerprint density at radius 1 is 1.18 bits per heavy atom. The molecule has 0 aromatic heterocycles. The van der Waals surface area contributed by atoms with Crippen molar-refractivity contribution in [3.05, 3.63) is 0 Å². The number of rotatable bonds is 5. The summed E-state index contributed by atoms with van der Waals surface area (Å²) in [5, 5.41) is 3.37. The maximum atomic E-state index is 3.37. The first kappa shape index (κ1) is 11.0. The molecule has 0 radical (unpaired) electrons. The Labute approximate surface area is 71.6 Å². The molecule has 2 unspecified atom stereocenters. The molecular formula is C10H23N. The lowest BCUT2D eigenvalue weighted by Crippen LogP contribution is -2.32. The van der Waals surface area contributed by atoms with E-state index in [9.17, 15) is 0 Å². The average molecular weight is 157 g/mol. The largest absolute Gasteiger partial charge is 0.317 e. The smallest absolute Gasteiger partial charge is 0.00895 e. The Bertz CT molecular complexity index is 88.9. The van der Waals surface area contributed by atoms with Crippen molar-refractivity contribution in [2.45, 2.75) is 46.6 Å². The molecule has 11 heavy (non-hydrogen) atoms. The molecule has 0 aromatic rings. The lowest BCUT2D eigenvalue weighted by atomic mass is 9.92. The Kier molecular flexibility index (Phi) is 5.57. The van der Waals surface area contributed by atoms with E-state index >= 15 is 0 Å². The molecule has 0 bridgehead atoms. The fourth-order valence-corrected chi connectivity index (χ4v) is 1.32. The summed E-state index contributed by atoms with van der Waals surface area (Å²) < 4.78 is 0. The highest BCUT2D eigenvalue weighted by Crippen LogP contribution is 2.14. The normalized spacial score (nSPS) is 16.9. The van der Waals surface area contributed by atoms with Gasteiger partial charge in [0, 0.05) is 6.04 Å². The number of hydrogen-bond donors (Lipinski definition) is 1. The minimum atomic E-state index is 0.699. The van der Waals surface area contributed by atoms with Crippen LogP contribution in [-0.4, -0.2) is 13.1 Å². The summed E-state index contributed by atoms with van der Waals surface area (Å²) >= 11 is 0. The van der Waals surface area contributed by atoms with Crippen LogP contribution < -0.4 is 5.32 Å². The topological polar surface area (TPSA) is 12.0 Å². The van der Waals surface area contributed by atoms with Gasteiger partial charge in [0.2, 0.25) is 0 Å². The second kappa shape index (κ2) is 5.59. The zero-order chi connectivity index (χ0) is 8.85. The molecule has 1 nitrogen and oxygen atoms in total. The van der Waals surface area contributed by atoms with Gasteiger partial charge in [-0.2, -0.15) is 0 Å². The Morgan fingerprint density at radius 3 is 2.00 bits per heavy atom. The fourth-order valence-electron chi connectivity index (χ4n) is 1.32. The van der Waals surface area contributed by atoms with E-state index in [1.54, 1.807) is 0 Å². The zero-order valence-corrected chi connectivity index (χ0v) is 8.65. The molecule has 0 saturated carbocycles. The van der Waals surface area contributed by atoms with Crippen LogP contribution in [0.15, 0.2) is 0 Å². The molecule has 1 heteroatoms. The van der Waals surface area contributed by atoms with Gasteiger partial charge in [-0.05, 0) is 25.3 Å². The molecule has 0 aromatic carbocycles. The van der Waals surface area contributed by atoms with E-state index in [-0.39, 0.29) is 0 Å². The Balaban J connectivity index is 3.68. The van der Waals surface area contributed by atoms with E-state index in [0.29, 0.717) is 6.04 Å². The molecular weight excluding hydrogens is 134 g/mol. The second-order valence-corrected chi connectivity index (χ2v) is 3.89. The summed E-state index contributed by atoms with van der Waals surface area (Å²) in [7, 11) is 2.06. The van der Waals surface area contributed by atoms with E-state index in [1.165, 1.54) is 12.8 Å². The molecule has 0 fully saturated rings. The lowest BCUT2D eigenvalue weighted by Gasteiger charge is -2.23. The van der Waals surface area contributed by atoms with Crippen molar-refractivity contribution < 1.29 is 0 Å². The van der Waals surface area contributed by atoms with Crippen molar-refractivity contribution in [1.29, 1.82) is 0 Å². The molecule has 2 atom stereocenters. The molecule has 0 heterocycles. The van der Waals surface area contributed by atoms with E-state index < -0.39 is 0 Å². The van der Waals surface area contributed by atoms with Crippen molar-refractivity contribution in [3.63, 3.8) is 0 Å². The van der Waals surface area contributed by atoms with Gasteiger partial charge in [0.05, 0.1) is 0 Å². The van der Waals surface area contributed by atoms with Crippen LogP contribution in [0.3, 0.4) is 0 Å². The van der Waals surface area contributed by atoms with Gasteiger partial charge in [-0.1, -0.05) is 34.1 Å². The lowest BCUT2D eigenvalue weighted by molar-refractivity contribution is 0.341. The van der Waals surface area contributed by atoms with Crippen LogP contribution in [0.1, 0.15) is 40.5 Å². The first-order chi connectivity index (χ1) is 5.11. The predicted molar refractivity (Wildman–Crippen MR) is 51.8 cm³/mol. The molecule has 0 saturated heterocycles. The molecule has 0 aliphatic carbocycles. The standard InChI is InChI=1S/C10H23N/c1-6-9(4)7-10(11-5)8(2)3/h8-11H,6-7H2,1-5H3. The monoisotopic (exact) mass is 157 g/mol. The molecule has 68 valence electrons. The third-order valence-electron chi connectivity index (χ3n) is 2.53. The van der Waals surface area contributed by atoms with E-state index in [1.807, 2.05) is 0 Å². The van der Waals surface area contributed by atoms with E-state index in [2.05, 4.69) is 40.1 Å². The Hall–Kier alpha value is -0.0400. The van der Waals surface area contributed by atoms with E-state index in [4.69, 9.17) is 0 Å².